The molecular weight excluding hydrogens is 825 g/mol. The number of terminal acetylenes is 2. The van der Waals surface area contributed by atoms with Crippen molar-refractivity contribution >= 4 is 35.1 Å². The maximum absolute atomic E-state index is 13.0. The van der Waals surface area contributed by atoms with Gasteiger partial charge in [-0.25, -0.2) is 9.59 Å². The van der Waals surface area contributed by atoms with Crippen LogP contribution in [0.4, 0.5) is 11.4 Å². The summed E-state index contributed by atoms with van der Waals surface area (Å²) in [6, 6.07) is 40.7. The highest BCUT2D eigenvalue weighted by Crippen LogP contribution is 2.33. The lowest BCUT2D eigenvalue weighted by Gasteiger charge is -2.26. The van der Waals surface area contributed by atoms with Gasteiger partial charge >= 0.3 is 11.9 Å². The van der Waals surface area contributed by atoms with Crippen molar-refractivity contribution in [2.45, 2.75) is 31.5 Å². The van der Waals surface area contributed by atoms with E-state index in [1.54, 1.807) is 97.1 Å². The van der Waals surface area contributed by atoms with Crippen molar-refractivity contribution in [3.05, 3.63) is 190 Å². The van der Waals surface area contributed by atoms with Crippen LogP contribution in [0.15, 0.2) is 146 Å². The molecule has 4 N–H and O–H groups in total. The van der Waals surface area contributed by atoms with Crippen LogP contribution >= 0.6 is 0 Å². The molecule has 65 heavy (non-hydrogen) atoms. The van der Waals surface area contributed by atoms with Gasteiger partial charge < -0.3 is 39.8 Å². The molecule has 0 bridgehead atoms. The van der Waals surface area contributed by atoms with Gasteiger partial charge in [-0.05, 0) is 96.1 Å². The first-order valence-corrected chi connectivity index (χ1v) is 20.5. The summed E-state index contributed by atoms with van der Waals surface area (Å²) in [5.41, 5.74) is 3.93. The Balaban J connectivity index is 0.937. The molecule has 0 aliphatic carbocycles. The third-order valence-corrected chi connectivity index (χ3v) is 10.2. The molecule has 2 unspecified atom stereocenters. The number of nitrogens with one attached hydrogen (secondary N) is 2. The van der Waals surface area contributed by atoms with Crippen LogP contribution in [0, 0.1) is 24.7 Å². The van der Waals surface area contributed by atoms with Gasteiger partial charge in [0, 0.05) is 27.9 Å². The van der Waals surface area contributed by atoms with Gasteiger partial charge in [-0.3, -0.25) is 9.59 Å². The predicted octanol–water partition coefficient (Wildman–Crippen LogP) is 7.67. The zero-order valence-corrected chi connectivity index (χ0v) is 35.7. The molecule has 0 aromatic heterocycles. The largest absolute Gasteiger partial charge is 0.491 e. The summed E-state index contributed by atoms with van der Waals surface area (Å²) in [6.45, 7) is 3.09. The average Bonchev–Trinajstić information content (AvgIpc) is 3.33. The number of amides is 2. The highest BCUT2D eigenvalue weighted by atomic mass is 16.6. The fourth-order valence-corrected chi connectivity index (χ4v) is 6.57. The summed E-state index contributed by atoms with van der Waals surface area (Å²) in [6.07, 6.45) is 8.62. The number of carbonyl (C=O) groups excluding carboxylic acids is 4. The Bertz CT molecular complexity index is 2550. The molecule has 2 amide bonds. The Kier molecular flexibility index (Phi) is 15.5. The topological polar surface area (TPSA) is 170 Å². The van der Waals surface area contributed by atoms with E-state index in [1.807, 2.05) is 24.3 Å². The second-order valence-electron chi connectivity index (χ2n) is 15.3. The second kappa shape index (κ2) is 21.8. The van der Waals surface area contributed by atoms with Crippen LogP contribution in [-0.4, -0.2) is 72.6 Å². The number of anilines is 2. The van der Waals surface area contributed by atoms with Gasteiger partial charge in [0.25, 0.3) is 11.8 Å². The third kappa shape index (κ3) is 12.5. The maximum Gasteiger partial charge on any atom is 0.339 e. The molecule has 12 heteroatoms. The summed E-state index contributed by atoms with van der Waals surface area (Å²) in [5.74, 6) is 3.42. The van der Waals surface area contributed by atoms with Crippen molar-refractivity contribution < 1.29 is 48.3 Å². The minimum absolute atomic E-state index is 0.0368. The first-order chi connectivity index (χ1) is 31.3. The molecule has 0 fully saturated rings. The Morgan fingerprint density at radius 1 is 0.523 bits per heavy atom. The highest BCUT2D eigenvalue weighted by molar-refractivity contribution is 6.12. The smallest absolute Gasteiger partial charge is 0.339 e. The van der Waals surface area contributed by atoms with E-state index >= 15 is 0 Å². The Labute approximate surface area is 377 Å². The van der Waals surface area contributed by atoms with Crippen LogP contribution < -0.4 is 20.1 Å². The number of aliphatic hydroxyl groups is 2. The minimum atomic E-state index is -1.15. The Morgan fingerprint density at radius 2 is 0.892 bits per heavy atom. The molecule has 0 radical (unpaired) electrons. The first kappa shape index (κ1) is 46.3. The number of carbonyl (C=O) groups is 4. The van der Waals surface area contributed by atoms with Crippen molar-refractivity contribution in [2.24, 2.45) is 0 Å². The van der Waals surface area contributed by atoms with E-state index in [0.29, 0.717) is 34.0 Å². The van der Waals surface area contributed by atoms with Crippen LogP contribution in [0.25, 0.3) is 0 Å². The van der Waals surface area contributed by atoms with Gasteiger partial charge in [0.2, 0.25) is 0 Å². The molecule has 0 heterocycles. The second-order valence-corrected chi connectivity index (χ2v) is 15.3. The van der Waals surface area contributed by atoms with Crippen molar-refractivity contribution in [1.82, 2.24) is 0 Å². The number of benzene rings is 6. The summed E-state index contributed by atoms with van der Waals surface area (Å²) >= 11 is 0. The monoisotopic (exact) mass is 870 g/mol. The number of hydrogen-bond donors (Lipinski definition) is 4. The normalized spacial score (nSPS) is 11.7. The summed E-state index contributed by atoms with van der Waals surface area (Å²) in [7, 11) is 0. The van der Waals surface area contributed by atoms with E-state index in [0.717, 1.165) is 11.1 Å². The molecular formula is C53H46N2O10. The van der Waals surface area contributed by atoms with E-state index < -0.39 is 41.4 Å². The fourth-order valence-electron chi connectivity index (χ4n) is 6.57. The molecule has 0 spiro atoms. The number of aliphatic hydroxyl groups excluding tert-OH is 2. The van der Waals surface area contributed by atoms with Gasteiger partial charge in [-0.15, -0.1) is 12.8 Å². The minimum Gasteiger partial charge on any atom is -0.491 e. The summed E-state index contributed by atoms with van der Waals surface area (Å²) in [5, 5.41) is 26.6. The number of hydrogen-bond acceptors (Lipinski definition) is 10. The zero-order chi connectivity index (χ0) is 46.3. The molecule has 12 nitrogen and oxygen atoms in total. The third-order valence-electron chi connectivity index (χ3n) is 10.2. The summed E-state index contributed by atoms with van der Waals surface area (Å²) < 4.78 is 22.2. The summed E-state index contributed by atoms with van der Waals surface area (Å²) in [4.78, 5) is 52.0. The van der Waals surface area contributed by atoms with Crippen LogP contribution in [0.5, 0.6) is 11.5 Å². The predicted molar refractivity (Wildman–Crippen MR) is 246 cm³/mol. The molecule has 6 rings (SSSR count). The Morgan fingerprint density at radius 3 is 1.26 bits per heavy atom. The number of rotatable bonds is 18. The Hall–Kier alpha value is -8.16. The lowest BCUT2D eigenvalue weighted by molar-refractivity contribution is 0.0126. The standard InChI is InChI=1S/C53H46N2O10/c1-5-35-13-11-15-39(29-35)54-49(58)45-17-7-9-19-47(45)51(60)64-33-41(56)31-62-43-25-21-37(22-26-43)53(3,4)38-23-27-44(28-24-38)63-32-42(57)34-65-52(61)48-20-10-8-18-46(48)50(59)55-40-16-12-14-36(6-2)30-40/h1-2,7-30,41-42,56-57H,31-34H2,3-4H3,(H,54,58)(H,55,59). The van der Waals surface area contributed by atoms with E-state index in [9.17, 15) is 29.4 Å². The highest BCUT2D eigenvalue weighted by Gasteiger charge is 2.25. The van der Waals surface area contributed by atoms with Crippen molar-refractivity contribution in [3.8, 4) is 36.2 Å². The quantitative estimate of drug-likeness (QED) is 0.0497. The van der Waals surface area contributed by atoms with Crippen molar-refractivity contribution in [3.63, 3.8) is 0 Å². The molecule has 0 aliphatic rings. The van der Waals surface area contributed by atoms with Crippen LogP contribution in [0.1, 0.15) is 77.5 Å². The van der Waals surface area contributed by atoms with Crippen LogP contribution in [-0.2, 0) is 14.9 Å². The van der Waals surface area contributed by atoms with Gasteiger partial charge in [0.15, 0.2) is 0 Å². The van der Waals surface area contributed by atoms with Gasteiger partial charge in [0.05, 0.1) is 22.3 Å². The molecule has 6 aromatic carbocycles. The fraction of sp³-hybridized carbons (Fsp3) is 0.170. The maximum atomic E-state index is 13.0. The molecule has 6 aromatic rings. The van der Waals surface area contributed by atoms with E-state index in [1.165, 1.54) is 24.3 Å². The van der Waals surface area contributed by atoms with E-state index in [2.05, 4.69) is 36.3 Å². The van der Waals surface area contributed by atoms with Gasteiger partial charge in [0.1, 0.15) is 50.1 Å². The lowest BCUT2D eigenvalue weighted by atomic mass is 9.78. The SMILES string of the molecule is C#Cc1cccc(NC(=O)c2ccccc2C(=O)OCC(O)COc2ccc(C(C)(C)c3ccc(OCC(O)COC(=O)c4ccccc4C(=O)Nc4cccc(C#C)c4)cc3)cc2)c1. The molecule has 2 atom stereocenters. The zero-order valence-electron chi connectivity index (χ0n) is 35.7. The number of ether oxygens (including phenoxy) is 4. The number of esters is 2. The van der Waals surface area contributed by atoms with Gasteiger partial charge in [-0.1, -0.05) is 86.4 Å². The molecule has 328 valence electrons. The van der Waals surface area contributed by atoms with E-state index in [-0.39, 0.29) is 48.7 Å². The molecule has 0 saturated carbocycles. The average molecular weight is 871 g/mol. The van der Waals surface area contributed by atoms with E-state index in [4.69, 9.17) is 31.8 Å². The lowest BCUT2D eigenvalue weighted by Crippen LogP contribution is -2.26. The van der Waals surface area contributed by atoms with Crippen LogP contribution in [0.3, 0.4) is 0 Å². The molecule has 0 aliphatic heterocycles. The van der Waals surface area contributed by atoms with Gasteiger partial charge in [-0.2, -0.15) is 0 Å². The first-order valence-electron chi connectivity index (χ1n) is 20.5. The van der Waals surface area contributed by atoms with Crippen LogP contribution in [0.2, 0.25) is 0 Å². The van der Waals surface area contributed by atoms with Crippen molar-refractivity contribution in [2.75, 3.05) is 37.1 Å². The molecule has 0 saturated heterocycles. The van der Waals surface area contributed by atoms with Crippen molar-refractivity contribution in [1.29, 1.82) is 0 Å².